The lowest BCUT2D eigenvalue weighted by atomic mass is 10.2. The van der Waals surface area contributed by atoms with Crippen molar-refractivity contribution in [3.8, 4) is 0 Å². The number of nitrogens with zero attached hydrogens (tertiary/aromatic N) is 2. The van der Waals surface area contributed by atoms with Gasteiger partial charge in [0, 0.05) is 6.20 Å². The number of carbonyl (C=O) groups excluding carboxylic acids is 1. The molecular weight excluding hydrogens is 286 g/mol. The van der Waals surface area contributed by atoms with E-state index in [0.29, 0.717) is 0 Å². The molecule has 0 radical (unpaired) electrons. The van der Waals surface area contributed by atoms with Crippen LogP contribution in [0.15, 0.2) is 119 Å². The molecule has 23 heavy (non-hydrogen) atoms. The Morgan fingerprint density at radius 2 is 1.09 bits per heavy atom. The summed E-state index contributed by atoms with van der Waals surface area (Å²) < 4.78 is 0. The first-order valence-electron chi connectivity index (χ1n) is 7.04. The van der Waals surface area contributed by atoms with E-state index in [1.807, 2.05) is 66.8 Å². The Bertz CT molecular complexity index is 667. The minimum atomic E-state index is -0.560. The molecule has 1 rings (SSSR count). The minimum Gasteiger partial charge on any atom is -0.366 e. The summed E-state index contributed by atoms with van der Waals surface area (Å²) in [4.78, 5) is 11.3. The summed E-state index contributed by atoms with van der Waals surface area (Å²) in [6.07, 6.45) is 30.5. The van der Waals surface area contributed by atoms with Gasteiger partial charge in [-0.3, -0.25) is 4.79 Å². The molecule has 0 unspecified atom stereocenters. The molecule has 1 amide bonds. The molecule has 0 spiro atoms. The summed E-state index contributed by atoms with van der Waals surface area (Å²) in [5, 5.41) is 7.57. The molecule has 0 saturated heterocycles. The second-order valence-electron chi connectivity index (χ2n) is 4.19. The van der Waals surface area contributed by atoms with Crippen LogP contribution in [-0.2, 0) is 4.79 Å². The van der Waals surface area contributed by atoms with Crippen LogP contribution in [0.2, 0.25) is 0 Å². The van der Waals surface area contributed by atoms with Gasteiger partial charge in [-0.2, -0.15) is 10.2 Å². The summed E-state index contributed by atoms with van der Waals surface area (Å²) in [6.45, 7) is 0. The molecule has 0 aromatic rings. The predicted molar refractivity (Wildman–Crippen MR) is 95.3 cm³/mol. The van der Waals surface area contributed by atoms with E-state index in [2.05, 4.69) is 10.2 Å². The van der Waals surface area contributed by atoms with E-state index in [-0.39, 0.29) is 5.57 Å². The third-order valence-corrected chi connectivity index (χ3v) is 2.42. The van der Waals surface area contributed by atoms with Gasteiger partial charge in [0.1, 0.15) is 0 Å². The largest absolute Gasteiger partial charge is 0.366 e. The fourth-order valence-electron chi connectivity index (χ4n) is 1.34. The Hall–Kier alpha value is -3.27. The fourth-order valence-corrected chi connectivity index (χ4v) is 1.34. The van der Waals surface area contributed by atoms with Gasteiger partial charge in [-0.1, -0.05) is 79.0 Å². The van der Waals surface area contributed by atoms with E-state index in [1.165, 1.54) is 12.4 Å². The SMILES string of the molecule is NC(=O)C1=CN=NC=CC=CC=CC=CC=CC=CC=CC=C1. The fraction of sp³-hybridized carbons (Fsp3) is 0. The maximum Gasteiger partial charge on any atom is 0.250 e. The Labute approximate surface area is 136 Å². The Morgan fingerprint density at radius 1 is 0.652 bits per heavy atom. The van der Waals surface area contributed by atoms with Crippen molar-refractivity contribution < 1.29 is 4.79 Å². The summed E-state index contributed by atoms with van der Waals surface area (Å²) in [5.74, 6) is -0.560. The highest BCUT2D eigenvalue weighted by Crippen LogP contribution is 1.98. The number of azo groups is 1. The van der Waals surface area contributed by atoms with Gasteiger partial charge < -0.3 is 5.73 Å². The van der Waals surface area contributed by atoms with Gasteiger partial charge in [0.15, 0.2) is 0 Å². The molecule has 1 aliphatic heterocycles. The van der Waals surface area contributed by atoms with Gasteiger partial charge in [-0.05, 0) is 12.2 Å². The molecule has 0 fully saturated rings. The molecule has 1 heterocycles. The number of rotatable bonds is 1. The number of nitrogens with two attached hydrogens (primary N) is 1. The number of hydrogen-bond acceptors (Lipinski definition) is 3. The van der Waals surface area contributed by atoms with Crippen molar-refractivity contribution in [2.75, 3.05) is 0 Å². The summed E-state index contributed by atoms with van der Waals surface area (Å²) in [7, 11) is 0. The van der Waals surface area contributed by atoms with Crippen LogP contribution in [0.5, 0.6) is 0 Å². The van der Waals surface area contributed by atoms with Crippen molar-refractivity contribution in [3.05, 3.63) is 109 Å². The van der Waals surface area contributed by atoms with Gasteiger partial charge in [-0.25, -0.2) is 0 Å². The average Bonchev–Trinajstić information content (AvgIpc) is 2.53. The van der Waals surface area contributed by atoms with Crippen LogP contribution in [0.4, 0.5) is 0 Å². The van der Waals surface area contributed by atoms with Crippen molar-refractivity contribution >= 4 is 5.91 Å². The monoisotopic (exact) mass is 305 g/mol. The molecular formula is C19H19N3O. The average molecular weight is 305 g/mol. The van der Waals surface area contributed by atoms with Crippen LogP contribution in [-0.4, -0.2) is 5.91 Å². The first-order chi connectivity index (χ1) is 11.3. The maximum absolute atomic E-state index is 11.3. The Kier molecular flexibility index (Phi) is 9.64. The lowest BCUT2D eigenvalue weighted by Gasteiger charge is -1.90. The van der Waals surface area contributed by atoms with E-state index in [0.717, 1.165) is 0 Å². The van der Waals surface area contributed by atoms with Gasteiger partial charge in [-0.15, -0.1) is 0 Å². The molecule has 0 aromatic heterocycles. The maximum atomic E-state index is 11.3. The van der Waals surface area contributed by atoms with E-state index in [9.17, 15) is 4.79 Å². The number of amides is 1. The smallest absolute Gasteiger partial charge is 0.250 e. The lowest BCUT2D eigenvalue weighted by Crippen LogP contribution is -2.12. The van der Waals surface area contributed by atoms with Crippen LogP contribution in [0.25, 0.3) is 0 Å². The topological polar surface area (TPSA) is 67.8 Å². The molecule has 0 atom stereocenters. The van der Waals surface area contributed by atoms with Gasteiger partial charge in [0.05, 0.1) is 11.8 Å². The molecule has 2 N–H and O–H groups in total. The molecule has 4 nitrogen and oxygen atoms in total. The summed E-state index contributed by atoms with van der Waals surface area (Å²) in [5.41, 5.74) is 5.54. The molecule has 4 heteroatoms. The quantitative estimate of drug-likeness (QED) is 0.774. The van der Waals surface area contributed by atoms with Crippen molar-refractivity contribution in [2.24, 2.45) is 16.0 Å². The van der Waals surface area contributed by atoms with Gasteiger partial charge in [0.2, 0.25) is 5.91 Å². The van der Waals surface area contributed by atoms with Crippen LogP contribution >= 0.6 is 0 Å². The van der Waals surface area contributed by atoms with Crippen LogP contribution < -0.4 is 5.73 Å². The zero-order valence-electron chi connectivity index (χ0n) is 12.7. The van der Waals surface area contributed by atoms with E-state index in [1.54, 1.807) is 24.3 Å². The van der Waals surface area contributed by atoms with Crippen molar-refractivity contribution in [2.45, 2.75) is 0 Å². The standard InChI is InChI=1S/C19H19N3O/c20-19(23)18-15-13-11-9-7-5-3-1-2-4-6-8-10-12-14-16-21-22-17-18/h1-17H,(H2,20,23). The van der Waals surface area contributed by atoms with Crippen LogP contribution in [0.1, 0.15) is 0 Å². The second-order valence-corrected chi connectivity index (χ2v) is 4.19. The van der Waals surface area contributed by atoms with E-state index < -0.39 is 5.91 Å². The Balaban J connectivity index is 2.90. The number of allylic oxidation sites excluding steroid dienone is 14. The van der Waals surface area contributed by atoms with Crippen molar-refractivity contribution in [3.63, 3.8) is 0 Å². The molecule has 0 aromatic carbocycles. The zero-order chi connectivity index (χ0) is 16.6. The third kappa shape index (κ3) is 10.1. The van der Waals surface area contributed by atoms with E-state index in [4.69, 9.17) is 5.73 Å². The number of primary amides is 1. The van der Waals surface area contributed by atoms with E-state index >= 15 is 0 Å². The van der Waals surface area contributed by atoms with Crippen molar-refractivity contribution in [1.29, 1.82) is 0 Å². The zero-order valence-corrected chi connectivity index (χ0v) is 12.7. The molecule has 0 saturated carbocycles. The third-order valence-electron chi connectivity index (χ3n) is 2.42. The van der Waals surface area contributed by atoms with Gasteiger partial charge >= 0.3 is 0 Å². The summed E-state index contributed by atoms with van der Waals surface area (Å²) >= 11 is 0. The highest BCUT2D eigenvalue weighted by Gasteiger charge is 1.97. The summed E-state index contributed by atoms with van der Waals surface area (Å²) in [6, 6.07) is 0. The Morgan fingerprint density at radius 3 is 1.57 bits per heavy atom. The highest BCUT2D eigenvalue weighted by molar-refractivity contribution is 5.94. The first kappa shape index (κ1) is 17.8. The molecule has 1 aliphatic rings. The number of carbonyl (C=O) groups is 1. The first-order valence-corrected chi connectivity index (χ1v) is 7.04. The lowest BCUT2D eigenvalue weighted by molar-refractivity contribution is -0.114. The molecule has 0 bridgehead atoms. The normalized spacial score (nSPS) is 15.7. The predicted octanol–water partition coefficient (Wildman–Crippen LogP) is 4.23. The molecule has 116 valence electrons. The van der Waals surface area contributed by atoms with Gasteiger partial charge in [0.25, 0.3) is 0 Å². The van der Waals surface area contributed by atoms with Crippen LogP contribution in [0, 0.1) is 0 Å². The highest BCUT2D eigenvalue weighted by atomic mass is 16.1. The minimum absolute atomic E-state index is 0.272. The second kappa shape index (κ2) is 12.5. The number of hydrogen-bond donors (Lipinski definition) is 1. The molecule has 0 aliphatic carbocycles. The van der Waals surface area contributed by atoms with Crippen LogP contribution in [0.3, 0.4) is 0 Å². The van der Waals surface area contributed by atoms with Crippen molar-refractivity contribution in [1.82, 2.24) is 0 Å².